The Hall–Kier alpha value is -3.65. The van der Waals surface area contributed by atoms with Crippen molar-refractivity contribution >= 4 is 32.7 Å². The monoisotopic (exact) mass is 448 g/mol. The van der Waals surface area contributed by atoms with Gasteiger partial charge in [-0.05, 0) is 48.9 Å². The molecular formula is C24H24N4O3S. The lowest BCUT2D eigenvalue weighted by atomic mass is 10.2. The molecule has 0 aliphatic rings. The predicted molar refractivity (Wildman–Crippen MR) is 125 cm³/mol. The van der Waals surface area contributed by atoms with Crippen LogP contribution in [0, 0.1) is 0 Å². The average Bonchev–Trinajstić information content (AvgIpc) is 3.25. The molecule has 4 rings (SSSR count). The number of fused-ring (bicyclic) bond motifs is 1. The Labute approximate surface area is 187 Å². The number of aromatic nitrogens is 2. The number of imidazole rings is 1. The molecule has 0 saturated carbocycles. The Morgan fingerprint density at radius 2 is 1.75 bits per heavy atom. The van der Waals surface area contributed by atoms with E-state index in [0.717, 1.165) is 16.9 Å². The minimum atomic E-state index is -3.78. The Morgan fingerprint density at radius 3 is 2.53 bits per heavy atom. The quantitative estimate of drug-likeness (QED) is 0.401. The van der Waals surface area contributed by atoms with Crippen molar-refractivity contribution in [3.63, 3.8) is 0 Å². The van der Waals surface area contributed by atoms with Crippen LogP contribution in [0.15, 0.2) is 83.8 Å². The highest BCUT2D eigenvalue weighted by molar-refractivity contribution is 7.92. The maximum atomic E-state index is 13.0. The summed E-state index contributed by atoms with van der Waals surface area (Å²) < 4.78 is 27.2. The van der Waals surface area contributed by atoms with E-state index in [1.165, 1.54) is 23.5 Å². The van der Waals surface area contributed by atoms with Crippen molar-refractivity contribution in [2.75, 3.05) is 17.9 Å². The van der Waals surface area contributed by atoms with Gasteiger partial charge in [-0.15, -0.1) is 0 Å². The molecule has 0 fully saturated rings. The first-order valence-electron chi connectivity index (χ1n) is 10.3. The molecule has 0 atom stereocenters. The van der Waals surface area contributed by atoms with E-state index in [-0.39, 0.29) is 10.8 Å². The van der Waals surface area contributed by atoms with Crippen LogP contribution in [-0.2, 0) is 16.4 Å². The number of aromatic amines is 1. The molecule has 4 aromatic rings. The van der Waals surface area contributed by atoms with E-state index in [0.29, 0.717) is 30.6 Å². The normalized spacial score (nSPS) is 11.4. The van der Waals surface area contributed by atoms with Crippen LogP contribution in [0.25, 0.3) is 11.0 Å². The van der Waals surface area contributed by atoms with Crippen molar-refractivity contribution in [1.82, 2.24) is 15.3 Å². The second-order valence-corrected chi connectivity index (χ2v) is 9.37. The molecule has 3 aromatic carbocycles. The Bertz CT molecular complexity index is 1300. The van der Waals surface area contributed by atoms with Crippen LogP contribution in [0.5, 0.6) is 0 Å². The highest BCUT2D eigenvalue weighted by Crippen LogP contribution is 2.22. The highest BCUT2D eigenvalue weighted by atomic mass is 32.2. The highest BCUT2D eigenvalue weighted by Gasteiger charge is 2.22. The molecule has 0 saturated heterocycles. The number of rotatable bonds is 8. The smallest absolute Gasteiger partial charge is 0.264 e. The number of benzene rings is 3. The van der Waals surface area contributed by atoms with Gasteiger partial charge in [0, 0.05) is 25.6 Å². The number of carbonyl (C=O) groups is 1. The zero-order valence-corrected chi connectivity index (χ0v) is 18.5. The minimum absolute atomic E-state index is 0.0683. The first-order chi connectivity index (χ1) is 15.4. The van der Waals surface area contributed by atoms with Gasteiger partial charge in [-0.25, -0.2) is 13.4 Å². The average molecular weight is 449 g/mol. The number of hydrogen-bond donors (Lipinski definition) is 2. The molecule has 0 bridgehead atoms. The Balaban J connectivity index is 1.37. The number of para-hydroxylation sites is 3. The van der Waals surface area contributed by atoms with Crippen LogP contribution < -0.4 is 9.62 Å². The summed E-state index contributed by atoms with van der Waals surface area (Å²) in [6.45, 7) is 0.455. The fourth-order valence-corrected chi connectivity index (χ4v) is 4.66. The number of H-pyrrole nitrogens is 1. The Kier molecular flexibility index (Phi) is 6.23. The number of nitrogens with zero attached hydrogens (tertiary/aromatic N) is 2. The maximum Gasteiger partial charge on any atom is 0.264 e. The summed E-state index contributed by atoms with van der Waals surface area (Å²) in [5.41, 5.74) is 2.76. The molecule has 32 heavy (non-hydrogen) atoms. The number of amides is 1. The standard InChI is InChI=1S/C24H24N4O3S/c1-28(19-10-3-2-4-11-19)32(30,31)20-12-7-9-18(17-20)24(29)25-16-8-15-23-26-21-13-5-6-14-22(21)27-23/h2-7,9-14,17H,8,15-16H2,1H3,(H,25,29)(H,26,27). The molecule has 0 unspecified atom stereocenters. The molecular weight excluding hydrogens is 424 g/mol. The summed E-state index contributed by atoms with van der Waals surface area (Å²) in [7, 11) is -2.29. The van der Waals surface area contributed by atoms with Crippen LogP contribution in [0.2, 0.25) is 0 Å². The van der Waals surface area contributed by atoms with Crippen LogP contribution in [0.4, 0.5) is 5.69 Å². The third-order valence-electron chi connectivity index (χ3n) is 5.19. The molecule has 8 heteroatoms. The minimum Gasteiger partial charge on any atom is -0.352 e. The van der Waals surface area contributed by atoms with Gasteiger partial charge >= 0.3 is 0 Å². The fourth-order valence-electron chi connectivity index (χ4n) is 3.42. The summed E-state index contributed by atoms with van der Waals surface area (Å²) in [6, 6.07) is 22.7. The first kappa shape index (κ1) is 21.6. The third-order valence-corrected chi connectivity index (χ3v) is 6.97. The Morgan fingerprint density at radius 1 is 1.00 bits per heavy atom. The number of hydrogen-bond acceptors (Lipinski definition) is 4. The van der Waals surface area contributed by atoms with Crippen LogP contribution >= 0.6 is 0 Å². The van der Waals surface area contributed by atoms with Gasteiger partial charge in [0.05, 0.1) is 21.6 Å². The molecule has 1 amide bonds. The van der Waals surface area contributed by atoms with Crippen LogP contribution in [0.1, 0.15) is 22.6 Å². The van der Waals surface area contributed by atoms with Gasteiger partial charge in [0.25, 0.3) is 15.9 Å². The van der Waals surface area contributed by atoms with Gasteiger partial charge < -0.3 is 10.3 Å². The summed E-state index contributed by atoms with van der Waals surface area (Å²) in [6.07, 6.45) is 1.41. The second-order valence-electron chi connectivity index (χ2n) is 7.40. The molecule has 0 spiro atoms. The van der Waals surface area contributed by atoms with Gasteiger partial charge in [-0.3, -0.25) is 9.10 Å². The van der Waals surface area contributed by atoms with E-state index in [4.69, 9.17) is 0 Å². The van der Waals surface area contributed by atoms with Gasteiger partial charge in [0.2, 0.25) is 0 Å². The molecule has 7 nitrogen and oxygen atoms in total. The van der Waals surface area contributed by atoms with Gasteiger partial charge in [-0.1, -0.05) is 36.4 Å². The second kappa shape index (κ2) is 9.23. The lowest BCUT2D eigenvalue weighted by molar-refractivity contribution is 0.0953. The topological polar surface area (TPSA) is 95.2 Å². The van der Waals surface area contributed by atoms with E-state index < -0.39 is 10.0 Å². The number of sulfonamides is 1. The summed E-state index contributed by atoms with van der Waals surface area (Å²) in [4.78, 5) is 20.4. The van der Waals surface area contributed by atoms with Crippen molar-refractivity contribution in [1.29, 1.82) is 0 Å². The number of aryl methyl sites for hydroxylation is 1. The SMILES string of the molecule is CN(c1ccccc1)S(=O)(=O)c1cccc(C(=O)NCCCc2nc3ccccc3[nH]2)c1. The fraction of sp³-hybridized carbons (Fsp3) is 0.167. The number of anilines is 1. The van der Waals surface area contributed by atoms with E-state index in [1.54, 1.807) is 36.4 Å². The van der Waals surface area contributed by atoms with Crippen molar-refractivity contribution in [2.45, 2.75) is 17.7 Å². The maximum absolute atomic E-state index is 13.0. The molecule has 2 N–H and O–H groups in total. The van der Waals surface area contributed by atoms with Gasteiger partial charge in [-0.2, -0.15) is 0 Å². The zero-order chi connectivity index (χ0) is 22.6. The van der Waals surface area contributed by atoms with Crippen LogP contribution in [0.3, 0.4) is 0 Å². The molecule has 0 aliphatic heterocycles. The van der Waals surface area contributed by atoms with Crippen molar-refractivity contribution < 1.29 is 13.2 Å². The largest absolute Gasteiger partial charge is 0.352 e. The summed E-state index contributed by atoms with van der Waals surface area (Å²) in [5.74, 6) is 0.562. The number of carbonyl (C=O) groups excluding carboxylic acids is 1. The molecule has 0 radical (unpaired) electrons. The third kappa shape index (κ3) is 4.65. The first-order valence-corrected chi connectivity index (χ1v) is 11.7. The lowest BCUT2D eigenvalue weighted by Gasteiger charge is -2.19. The van der Waals surface area contributed by atoms with Crippen LogP contribution in [-0.4, -0.2) is 37.9 Å². The molecule has 164 valence electrons. The van der Waals surface area contributed by atoms with Gasteiger partial charge in [0.15, 0.2) is 0 Å². The zero-order valence-electron chi connectivity index (χ0n) is 17.7. The predicted octanol–water partition coefficient (Wildman–Crippen LogP) is 3.75. The number of nitrogens with one attached hydrogen (secondary N) is 2. The molecule has 0 aliphatic carbocycles. The summed E-state index contributed by atoms with van der Waals surface area (Å²) in [5, 5.41) is 2.85. The van der Waals surface area contributed by atoms with Crippen molar-refractivity contribution in [3.8, 4) is 0 Å². The lowest BCUT2D eigenvalue weighted by Crippen LogP contribution is -2.28. The molecule has 1 aromatic heterocycles. The van der Waals surface area contributed by atoms with Crippen molar-refractivity contribution in [3.05, 3.63) is 90.3 Å². The van der Waals surface area contributed by atoms with E-state index in [2.05, 4.69) is 15.3 Å². The van der Waals surface area contributed by atoms with E-state index in [1.807, 2.05) is 30.3 Å². The van der Waals surface area contributed by atoms with E-state index in [9.17, 15) is 13.2 Å². The molecule has 1 heterocycles. The van der Waals surface area contributed by atoms with E-state index >= 15 is 0 Å². The van der Waals surface area contributed by atoms with Crippen molar-refractivity contribution in [2.24, 2.45) is 0 Å². The summed E-state index contributed by atoms with van der Waals surface area (Å²) >= 11 is 0. The van der Waals surface area contributed by atoms with Gasteiger partial charge in [0.1, 0.15) is 5.82 Å².